The molecule has 0 aromatic heterocycles. The van der Waals surface area contributed by atoms with Gasteiger partial charge in [-0.25, -0.2) is 9.59 Å². The SMILES string of the molecule is C#CCC(NC(=O)NCC1(C)CC1)C(=O)O. The molecule has 0 spiro atoms. The predicted octanol–water partition coefficient (Wildman–Crippen LogP) is 0.562. The standard InChI is InChI=1S/C11H16N2O3/c1-3-4-8(9(14)15)13-10(16)12-7-11(2)5-6-11/h1,8H,4-7H2,2H3,(H,14,15)(H2,12,13,16). The number of carboxylic acids is 1. The maximum atomic E-state index is 11.4. The molecule has 1 aliphatic rings. The van der Waals surface area contributed by atoms with E-state index in [2.05, 4.69) is 23.5 Å². The van der Waals surface area contributed by atoms with Gasteiger partial charge < -0.3 is 15.7 Å². The minimum atomic E-state index is -1.12. The largest absolute Gasteiger partial charge is 0.480 e. The van der Waals surface area contributed by atoms with E-state index in [9.17, 15) is 9.59 Å². The minimum absolute atomic E-state index is 0.0139. The summed E-state index contributed by atoms with van der Waals surface area (Å²) < 4.78 is 0. The summed E-state index contributed by atoms with van der Waals surface area (Å²) >= 11 is 0. The van der Waals surface area contributed by atoms with Gasteiger partial charge in [-0.2, -0.15) is 0 Å². The van der Waals surface area contributed by atoms with Crippen LogP contribution in [0, 0.1) is 17.8 Å². The number of terminal acetylenes is 1. The summed E-state index contributed by atoms with van der Waals surface area (Å²) in [7, 11) is 0. The van der Waals surface area contributed by atoms with Crippen LogP contribution in [-0.4, -0.2) is 29.7 Å². The molecule has 5 heteroatoms. The average Bonchev–Trinajstić information content (AvgIpc) is 2.94. The van der Waals surface area contributed by atoms with Gasteiger partial charge in [0.1, 0.15) is 6.04 Å². The molecule has 1 fully saturated rings. The van der Waals surface area contributed by atoms with Gasteiger partial charge in [-0.3, -0.25) is 0 Å². The highest BCUT2D eigenvalue weighted by Gasteiger charge is 2.37. The Morgan fingerprint density at radius 3 is 2.62 bits per heavy atom. The Hall–Kier alpha value is -1.70. The molecule has 3 N–H and O–H groups in total. The third-order valence-corrected chi connectivity index (χ3v) is 2.70. The summed E-state index contributed by atoms with van der Waals surface area (Å²) in [6.45, 7) is 2.64. The first-order valence-electron chi connectivity index (χ1n) is 5.17. The van der Waals surface area contributed by atoms with E-state index in [0.717, 1.165) is 12.8 Å². The van der Waals surface area contributed by atoms with Crippen molar-refractivity contribution in [1.82, 2.24) is 10.6 Å². The highest BCUT2D eigenvalue weighted by atomic mass is 16.4. The van der Waals surface area contributed by atoms with E-state index in [1.165, 1.54) is 0 Å². The van der Waals surface area contributed by atoms with Crippen molar-refractivity contribution in [3.63, 3.8) is 0 Å². The topological polar surface area (TPSA) is 78.4 Å². The molecule has 0 aromatic carbocycles. The number of hydrogen-bond donors (Lipinski definition) is 3. The highest BCUT2D eigenvalue weighted by molar-refractivity contribution is 5.82. The summed E-state index contributed by atoms with van der Waals surface area (Å²) in [4.78, 5) is 22.1. The van der Waals surface area contributed by atoms with Crippen LogP contribution < -0.4 is 10.6 Å². The van der Waals surface area contributed by atoms with Crippen molar-refractivity contribution in [2.45, 2.75) is 32.2 Å². The molecule has 16 heavy (non-hydrogen) atoms. The zero-order valence-electron chi connectivity index (χ0n) is 9.25. The number of amides is 2. The number of nitrogens with one attached hydrogen (secondary N) is 2. The van der Waals surface area contributed by atoms with Crippen molar-refractivity contribution in [3.05, 3.63) is 0 Å². The van der Waals surface area contributed by atoms with Crippen molar-refractivity contribution < 1.29 is 14.7 Å². The summed E-state index contributed by atoms with van der Waals surface area (Å²) in [5.41, 5.74) is 0.197. The molecule has 0 bridgehead atoms. The van der Waals surface area contributed by atoms with E-state index in [-0.39, 0.29) is 11.8 Å². The molecule has 1 rings (SSSR count). The number of hydrogen-bond acceptors (Lipinski definition) is 2. The first-order chi connectivity index (χ1) is 7.47. The molecule has 0 aromatic rings. The van der Waals surface area contributed by atoms with E-state index in [4.69, 9.17) is 11.5 Å². The Kier molecular flexibility index (Phi) is 3.78. The van der Waals surface area contributed by atoms with Gasteiger partial charge in [0.2, 0.25) is 0 Å². The van der Waals surface area contributed by atoms with E-state index in [0.29, 0.717) is 6.54 Å². The minimum Gasteiger partial charge on any atom is -0.480 e. The lowest BCUT2D eigenvalue weighted by Crippen LogP contribution is -2.46. The van der Waals surface area contributed by atoms with E-state index >= 15 is 0 Å². The second-order valence-corrected chi connectivity index (χ2v) is 4.44. The number of aliphatic carboxylic acids is 1. The molecule has 5 nitrogen and oxygen atoms in total. The highest BCUT2D eigenvalue weighted by Crippen LogP contribution is 2.43. The molecule has 0 heterocycles. The van der Waals surface area contributed by atoms with Gasteiger partial charge in [-0.05, 0) is 18.3 Å². The molecule has 0 saturated heterocycles. The van der Waals surface area contributed by atoms with Gasteiger partial charge in [0, 0.05) is 13.0 Å². The molecule has 88 valence electrons. The smallest absolute Gasteiger partial charge is 0.327 e. The molecule has 1 unspecified atom stereocenters. The molecule has 0 aliphatic heterocycles. The van der Waals surface area contributed by atoms with Crippen LogP contribution >= 0.6 is 0 Å². The van der Waals surface area contributed by atoms with Crippen molar-refractivity contribution in [1.29, 1.82) is 0 Å². The molecular formula is C11H16N2O3. The van der Waals surface area contributed by atoms with E-state index in [1.54, 1.807) is 0 Å². The van der Waals surface area contributed by atoms with Gasteiger partial charge in [-0.1, -0.05) is 6.92 Å². The van der Waals surface area contributed by atoms with Gasteiger partial charge in [0.05, 0.1) is 0 Å². The number of rotatable bonds is 5. The lowest BCUT2D eigenvalue weighted by molar-refractivity contribution is -0.139. The van der Waals surface area contributed by atoms with Crippen molar-refractivity contribution >= 4 is 12.0 Å². The van der Waals surface area contributed by atoms with Gasteiger partial charge in [0.25, 0.3) is 0 Å². The van der Waals surface area contributed by atoms with Crippen LogP contribution in [0.3, 0.4) is 0 Å². The first kappa shape index (κ1) is 12.4. The van der Waals surface area contributed by atoms with Crippen LogP contribution in [0.15, 0.2) is 0 Å². The fraction of sp³-hybridized carbons (Fsp3) is 0.636. The van der Waals surface area contributed by atoms with E-state index in [1.807, 2.05) is 0 Å². The first-order valence-corrected chi connectivity index (χ1v) is 5.17. The summed E-state index contributed by atoms with van der Waals surface area (Å²) in [6, 6.07) is -1.49. The van der Waals surface area contributed by atoms with Crippen LogP contribution in [0.1, 0.15) is 26.2 Å². The third-order valence-electron chi connectivity index (χ3n) is 2.70. The molecule has 2 amide bonds. The van der Waals surface area contributed by atoms with Crippen LogP contribution in [0.25, 0.3) is 0 Å². The van der Waals surface area contributed by atoms with Crippen molar-refractivity contribution in [3.8, 4) is 12.3 Å². The summed E-state index contributed by atoms with van der Waals surface area (Å²) in [5, 5.41) is 13.7. The van der Waals surface area contributed by atoms with Crippen LogP contribution in [0.2, 0.25) is 0 Å². The fourth-order valence-corrected chi connectivity index (χ4v) is 1.21. The monoisotopic (exact) mass is 224 g/mol. The lowest BCUT2D eigenvalue weighted by atomic mass is 10.1. The zero-order chi connectivity index (χ0) is 12.2. The van der Waals surface area contributed by atoms with Gasteiger partial charge >= 0.3 is 12.0 Å². The number of urea groups is 1. The number of carbonyl (C=O) groups excluding carboxylic acids is 1. The fourth-order valence-electron chi connectivity index (χ4n) is 1.21. The zero-order valence-corrected chi connectivity index (χ0v) is 9.25. The second kappa shape index (κ2) is 4.88. The quantitative estimate of drug-likeness (QED) is 0.597. The third kappa shape index (κ3) is 3.81. The number of carbonyl (C=O) groups is 2. The predicted molar refractivity (Wildman–Crippen MR) is 58.7 cm³/mol. The molecule has 0 radical (unpaired) electrons. The Bertz CT molecular complexity index is 329. The average molecular weight is 224 g/mol. The lowest BCUT2D eigenvalue weighted by Gasteiger charge is -2.14. The molecular weight excluding hydrogens is 208 g/mol. The maximum absolute atomic E-state index is 11.4. The second-order valence-electron chi connectivity index (χ2n) is 4.44. The Morgan fingerprint density at radius 2 is 2.19 bits per heavy atom. The molecule has 1 saturated carbocycles. The normalized spacial score (nSPS) is 18.0. The number of carboxylic acid groups (broad SMARTS) is 1. The maximum Gasteiger partial charge on any atom is 0.327 e. The summed E-state index contributed by atoms with van der Waals surface area (Å²) in [6.07, 6.45) is 7.19. The van der Waals surface area contributed by atoms with Crippen LogP contribution in [0.5, 0.6) is 0 Å². The Balaban J connectivity index is 2.31. The van der Waals surface area contributed by atoms with E-state index < -0.39 is 18.0 Å². The van der Waals surface area contributed by atoms with Gasteiger partial charge in [0.15, 0.2) is 0 Å². The van der Waals surface area contributed by atoms with Crippen molar-refractivity contribution in [2.75, 3.05) is 6.54 Å². The Morgan fingerprint density at radius 1 is 1.56 bits per heavy atom. The summed E-state index contributed by atoms with van der Waals surface area (Å²) in [5.74, 6) is 1.10. The molecule has 1 atom stereocenters. The van der Waals surface area contributed by atoms with Crippen LogP contribution in [0.4, 0.5) is 4.79 Å². The Labute approximate surface area is 94.6 Å². The van der Waals surface area contributed by atoms with Crippen molar-refractivity contribution in [2.24, 2.45) is 5.41 Å². The van der Waals surface area contributed by atoms with Gasteiger partial charge in [-0.15, -0.1) is 12.3 Å². The molecule has 1 aliphatic carbocycles. The van der Waals surface area contributed by atoms with Crippen LogP contribution in [-0.2, 0) is 4.79 Å².